The van der Waals surface area contributed by atoms with Crippen molar-refractivity contribution in [2.45, 2.75) is 0 Å². The Morgan fingerprint density at radius 3 is 1.88 bits per heavy atom. The molecule has 0 N–H and O–H groups in total. The first kappa shape index (κ1) is 29.1. The predicted molar refractivity (Wildman–Crippen MR) is 218 cm³/mol. The van der Waals surface area contributed by atoms with Gasteiger partial charge in [-0.1, -0.05) is 140 Å². The number of para-hydroxylation sites is 1. The summed E-state index contributed by atoms with van der Waals surface area (Å²) in [5, 5.41) is 9.49. The van der Waals surface area contributed by atoms with Crippen LogP contribution >= 0.6 is 11.3 Å². The molecule has 3 aromatic heterocycles. The first-order chi connectivity index (χ1) is 25.8. The lowest BCUT2D eigenvalue weighted by molar-refractivity contribution is 1.07. The predicted octanol–water partition coefficient (Wildman–Crippen LogP) is 12.6. The number of nitrogens with zero attached hydrogens (tertiary/aromatic N) is 4. The van der Waals surface area contributed by atoms with Gasteiger partial charge in [-0.3, -0.25) is 0 Å². The van der Waals surface area contributed by atoms with Crippen LogP contribution in [-0.4, -0.2) is 19.5 Å². The quantitative estimate of drug-likeness (QED) is 0.186. The van der Waals surface area contributed by atoms with E-state index in [0.29, 0.717) is 17.5 Å². The third kappa shape index (κ3) is 4.43. The molecule has 52 heavy (non-hydrogen) atoms. The van der Waals surface area contributed by atoms with Gasteiger partial charge in [-0.2, -0.15) is 0 Å². The molecule has 0 radical (unpaired) electrons. The standard InChI is InChI=1S/C47H28N4S/c1-2-14-30(15-3-1)45-48-46(37-21-12-24-42-43(37)36-20-9-11-23-41(36)52-42)50-47(49-45)38-27-31-16-4-5-17-32(31)28-40(38)51-39-22-10-8-19-34(39)35-26-25-29-13-6-7-18-33(29)44(35)51/h1-28H. The molecule has 0 aliphatic rings. The molecule has 0 bridgehead atoms. The van der Waals surface area contributed by atoms with E-state index < -0.39 is 0 Å². The Hall–Kier alpha value is -6.69. The van der Waals surface area contributed by atoms with Crippen molar-refractivity contribution in [3.8, 4) is 39.9 Å². The number of rotatable bonds is 4. The molecule has 11 rings (SSSR count). The van der Waals surface area contributed by atoms with E-state index in [1.807, 2.05) is 18.2 Å². The number of aromatic nitrogens is 4. The van der Waals surface area contributed by atoms with Gasteiger partial charge in [0.25, 0.3) is 0 Å². The van der Waals surface area contributed by atoms with E-state index >= 15 is 0 Å². The second kappa shape index (κ2) is 11.4. The molecular weight excluding hydrogens is 653 g/mol. The van der Waals surface area contributed by atoms with Gasteiger partial charge in [0, 0.05) is 53.0 Å². The molecule has 4 nitrogen and oxygen atoms in total. The second-order valence-corrected chi connectivity index (χ2v) is 14.3. The van der Waals surface area contributed by atoms with E-state index in [-0.39, 0.29) is 0 Å². The van der Waals surface area contributed by atoms with Gasteiger partial charge in [0.1, 0.15) is 0 Å². The van der Waals surface area contributed by atoms with Gasteiger partial charge in [0.05, 0.1) is 16.7 Å². The summed E-state index contributed by atoms with van der Waals surface area (Å²) in [6.45, 7) is 0. The van der Waals surface area contributed by atoms with Gasteiger partial charge in [0.2, 0.25) is 0 Å². The molecule has 11 aromatic rings. The molecule has 0 saturated carbocycles. The second-order valence-electron chi connectivity index (χ2n) is 13.2. The van der Waals surface area contributed by atoms with Crippen LogP contribution in [0.15, 0.2) is 170 Å². The van der Waals surface area contributed by atoms with Crippen LogP contribution in [-0.2, 0) is 0 Å². The lowest BCUT2D eigenvalue weighted by atomic mass is 10.0. The van der Waals surface area contributed by atoms with Crippen LogP contribution in [0, 0.1) is 0 Å². The van der Waals surface area contributed by atoms with Gasteiger partial charge in [-0.25, -0.2) is 15.0 Å². The highest BCUT2D eigenvalue weighted by molar-refractivity contribution is 7.25. The number of benzene rings is 8. The highest BCUT2D eigenvalue weighted by atomic mass is 32.1. The fourth-order valence-electron chi connectivity index (χ4n) is 7.87. The Labute approximate surface area is 302 Å². The van der Waals surface area contributed by atoms with Crippen molar-refractivity contribution in [3.05, 3.63) is 170 Å². The maximum Gasteiger partial charge on any atom is 0.166 e. The minimum Gasteiger partial charge on any atom is -0.308 e. The fourth-order valence-corrected chi connectivity index (χ4v) is 9.00. The largest absolute Gasteiger partial charge is 0.308 e. The maximum absolute atomic E-state index is 5.40. The summed E-state index contributed by atoms with van der Waals surface area (Å²) >= 11 is 1.80. The van der Waals surface area contributed by atoms with E-state index in [0.717, 1.165) is 38.7 Å². The molecule has 0 spiro atoms. The minimum absolute atomic E-state index is 0.632. The van der Waals surface area contributed by atoms with Crippen LogP contribution < -0.4 is 0 Å². The summed E-state index contributed by atoms with van der Waals surface area (Å²) in [5.41, 5.74) is 6.22. The molecule has 8 aromatic carbocycles. The molecule has 0 saturated heterocycles. The van der Waals surface area contributed by atoms with Gasteiger partial charge in [-0.05, 0) is 46.5 Å². The number of hydrogen-bond acceptors (Lipinski definition) is 4. The Bertz CT molecular complexity index is 3190. The lowest BCUT2D eigenvalue weighted by Crippen LogP contribution is -2.04. The third-order valence-corrected chi connectivity index (χ3v) is 11.4. The molecule has 0 atom stereocenters. The molecule has 0 aliphatic heterocycles. The van der Waals surface area contributed by atoms with Crippen molar-refractivity contribution >= 4 is 74.9 Å². The number of thiophene rings is 1. The first-order valence-electron chi connectivity index (χ1n) is 17.5. The van der Waals surface area contributed by atoms with Crippen LogP contribution in [0.5, 0.6) is 0 Å². The molecule has 0 aliphatic carbocycles. The molecule has 5 heteroatoms. The van der Waals surface area contributed by atoms with Gasteiger partial charge < -0.3 is 4.57 Å². The molecular formula is C47H28N4S. The highest BCUT2D eigenvalue weighted by Gasteiger charge is 2.22. The van der Waals surface area contributed by atoms with Crippen molar-refractivity contribution in [2.75, 3.05) is 0 Å². The normalized spacial score (nSPS) is 11.8. The minimum atomic E-state index is 0.632. The van der Waals surface area contributed by atoms with Gasteiger partial charge >= 0.3 is 0 Å². The average molecular weight is 681 g/mol. The highest BCUT2D eigenvalue weighted by Crippen LogP contribution is 2.42. The zero-order valence-corrected chi connectivity index (χ0v) is 28.7. The van der Waals surface area contributed by atoms with Crippen molar-refractivity contribution in [2.24, 2.45) is 0 Å². The smallest absolute Gasteiger partial charge is 0.166 e. The van der Waals surface area contributed by atoms with Gasteiger partial charge in [-0.15, -0.1) is 11.3 Å². The van der Waals surface area contributed by atoms with Crippen LogP contribution in [0.1, 0.15) is 0 Å². The summed E-state index contributed by atoms with van der Waals surface area (Å²) in [6.07, 6.45) is 0. The molecule has 0 fully saturated rings. The van der Waals surface area contributed by atoms with E-state index in [1.54, 1.807) is 11.3 Å². The molecule has 3 heterocycles. The molecule has 242 valence electrons. The van der Waals surface area contributed by atoms with Crippen LogP contribution in [0.3, 0.4) is 0 Å². The third-order valence-electron chi connectivity index (χ3n) is 10.2. The SMILES string of the molecule is c1ccc(-c2nc(-c3cc4ccccc4cc3-n3c4ccccc4c4ccc5ccccc5c43)nc(-c3cccc4sc5ccccc5c34)n2)cc1. The van der Waals surface area contributed by atoms with Crippen LogP contribution in [0.4, 0.5) is 0 Å². The summed E-state index contributed by atoms with van der Waals surface area (Å²) < 4.78 is 4.89. The van der Waals surface area contributed by atoms with E-state index in [9.17, 15) is 0 Å². The van der Waals surface area contributed by atoms with Gasteiger partial charge in [0.15, 0.2) is 17.5 Å². The molecule has 0 amide bonds. The van der Waals surface area contributed by atoms with Crippen LogP contribution in [0.25, 0.3) is 103 Å². The first-order valence-corrected chi connectivity index (χ1v) is 18.3. The van der Waals surface area contributed by atoms with E-state index in [1.165, 1.54) is 47.2 Å². The van der Waals surface area contributed by atoms with Crippen molar-refractivity contribution < 1.29 is 0 Å². The summed E-state index contributed by atoms with van der Waals surface area (Å²) in [6, 6.07) is 60.3. The lowest BCUT2D eigenvalue weighted by Gasteiger charge is -2.17. The zero-order chi connectivity index (χ0) is 34.2. The fraction of sp³-hybridized carbons (Fsp3) is 0. The monoisotopic (exact) mass is 680 g/mol. The average Bonchev–Trinajstić information content (AvgIpc) is 3.77. The van der Waals surface area contributed by atoms with Crippen LogP contribution in [0.2, 0.25) is 0 Å². The topological polar surface area (TPSA) is 43.6 Å². The Morgan fingerprint density at radius 2 is 1.04 bits per heavy atom. The number of hydrogen-bond donors (Lipinski definition) is 0. The Morgan fingerprint density at radius 1 is 0.404 bits per heavy atom. The van der Waals surface area contributed by atoms with Crippen molar-refractivity contribution in [1.29, 1.82) is 0 Å². The summed E-state index contributed by atoms with van der Waals surface area (Å²) in [4.78, 5) is 15.9. The van der Waals surface area contributed by atoms with E-state index in [2.05, 4.69) is 156 Å². The van der Waals surface area contributed by atoms with E-state index in [4.69, 9.17) is 15.0 Å². The summed E-state index contributed by atoms with van der Waals surface area (Å²) in [7, 11) is 0. The Balaban J connectivity index is 1.27. The van der Waals surface area contributed by atoms with Crippen molar-refractivity contribution in [3.63, 3.8) is 0 Å². The zero-order valence-electron chi connectivity index (χ0n) is 27.9. The van der Waals surface area contributed by atoms with Crippen molar-refractivity contribution in [1.82, 2.24) is 19.5 Å². The Kier molecular flexibility index (Phi) is 6.39. The summed E-state index contributed by atoms with van der Waals surface area (Å²) in [5.74, 6) is 1.93. The molecule has 0 unspecified atom stereocenters. The number of fused-ring (bicyclic) bond motifs is 9. The maximum atomic E-state index is 5.40.